The summed E-state index contributed by atoms with van der Waals surface area (Å²) in [5.41, 5.74) is 5.83. The Kier molecular flexibility index (Phi) is 1.96. The lowest BCUT2D eigenvalue weighted by Gasteiger charge is -2.17. The predicted octanol–water partition coefficient (Wildman–Crippen LogP) is 2.86. The second-order valence-corrected chi connectivity index (χ2v) is 5.11. The van der Waals surface area contributed by atoms with E-state index in [1.54, 1.807) is 6.92 Å². The van der Waals surface area contributed by atoms with Crippen molar-refractivity contribution >= 4 is 0 Å². The number of aryl methyl sites for hydroxylation is 1. The van der Waals surface area contributed by atoms with Crippen molar-refractivity contribution < 1.29 is 8.78 Å². The minimum Gasteiger partial charge on any atom is -0.321 e. The molecule has 0 bridgehead atoms. The van der Waals surface area contributed by atoms with Crippen LogP contribution in [0.1, 0.15) is 31.4 Å². The van der Waals surface area contributed by atoms with Crippen molar-refractivity contribution in [2.24, 2.45) is 11.1 Å². The quantitative estimate of drug-likeness (QED) is 0.759. The summed E-state index contributed by atoms with van der Waals surface area (Å²) in [4.78, 5) is 0. The molecule has 0 radical (unpaired) electrons. The fourth-order valence-electron chi connectivity index (χ4n) is 2.10. The van der Waals surface area contributed by atoms with Crippen molar-refractivity contribution in [3.05, 3.63) is 34.9 Å². The van der Waals surface area contributed by atoms with Crippen LogP contribution in [0.25, 0.3) is 0 Å². The van der Waals surface area contributed by atoms with Crippen molar-refractivity contribution in [1.82, 2.24) is 0 Å². The Morgan fingerprint density at radius 3 is 2.20 bits per heavy atom. The Morgan fingerprint density at radius 1 is 1.20 bits per heavy atom. The molecule has 1 aliphatic carbocycles. The third-order valence-corrected chi connectivity index (χ3v) is 3.53. The number of hydrogen-bond acceptors (Lipinski definition) is 1. The van der Waals surface area contributed by atoms with Crippen LogP contribution in [0.4, 0.5) is 8.78 Å². The molecule has 1 fully saturated rings. The fraction of sp³-hybridized carbons (Fsp3) is 0.500. The zero-order valence-corrected chi connectivity index (χ0v) is 9.20. The van der Waals surface area contributed by atoms with Gasteiger partial charge in [0.1, 0.15) is 11.6 Å². The standard InChI is InChI=1S/C12H15F2N/c1-7-4-10(14)8(5-9(7)13)12(15)6-11(12,2)3/h4-5H,6,15H2,1-3H3. The minimum absolute atomic E-state index is 0.143. The number of rotatable bonds is 1. The third kappa shape index (κ3) is 1.37. The van der Waals surface area contributed by atoms with E-state index in [2.05, 4.69) is 0 Å². The molecule has 0 saturated heterocycles. The molecule has 0 heterocycles. The highest BCUT2D eigenvalue weighted by molar-refractivity contribution is 5.38. The van der Waals surface area contributed by atoms with Crippen molar-refractivity contribution in [1.29, 1.82) is 0 Å². The number of nitrogens with two attached hydrogens (primary N) is 1. The zero-order valence-electron chi connectivity index (χ0n) is 9.20. The van der Waals surface area contributed by atoms with Gasteiger partial charge in [-0.1, -0.05) is 13.8 Å². The maximum Gasteiger partial charge on any atom is 0.128 e. The molecule has 2 N–H and O–H groups in total. The zero-order chi connectivity index (χ0) is 11.4. The molecule has 82 valence electrons. The van der Waals surface area contributed by atoms with Crippen LogP contribution in [0.5, 0.6) is 0 Å². The predicted molar refractivity (Wildman–Crippen MR) is 55.4 cm³/mol. The van der Waals surface area contributed by atoms with E-state index in [1.165, 1.54) is 12.1 Å². The first kappa shape index (κ1) is 10.6. The van der Waals surface area contributed by atoms with Gasteiger partial charge < -0.3 is 5.73 Å². The summed E-state index contributed by atoms with van der Waals surface area (Å²) in [6.45, 7) is 5.47. The van der Waals surface area contributed by atoms with Crippen molar-refractivity contribution in [3.8, 4) is 0 Å². The minimum atomic E-state index is -0.703. The van der Waals surface area contributed by atoms with Crippen LogP contribution < -0.4 is 5.73 Å². The second kappa shape index (κ2) is 2.79. The molecular weight excluding hydrogens is 196 g/mol. The third-order valence-electron chi connectivity index (χ3n) is 3.53. The highest BCUT2D eigenvalue weighted by Gasteiger charge is 2.60. The van der Waals surface area contributed by atoms with Gasteiger partial charge in [0.2, 0.25) is 0 Å². The Morgan fingerprint density at radius 2 is 1.73 bits per heavy atom. The lowest BCUT2D eigenvalue weighted by molar-refractivity contribution is 0.476. The van der Waals surface area contributed by atoms with Gasteiger partial charge in [-0.05, 0) is 36.5 Å². The fourth-order valence-corrected chi connectivity index (χ4v) is 2.10. The van der Waals surface area contributed by atoms with Crippen LogP contribution in [-0.2, 0) is 5.54 Å². The number of halogens is 2. The van der Waals surface area contributed by atoms with Crippen LogP contribution in [0.15, 0.2) is 12.1 Å². The summed E-state index contributed by atoms with van der Waals surface area (Å²) >= 11 is 0. The highest BCUT2D eigenvalue weighted by Crippen LogP contribution is 2.60. The summed E-state index contributed by atoms with van der Waals surface area (Å²) in [5.74, 6) is -0.791. The first-order chi connectivity index (χ1) is 6.78. The molecule has 1 aromatic rings. The van der Waals surface area contributed by atoms with Crippen molar-refractivity contribution in [2.75, 3.05) is 0 Å². The monoisotopic (exact) mass is 211 g/mol. The molecule has 0 aromatic heterocycles. The van der Waals surface area contributed by atoms with Crippen LogP contribution >= 0.6 is 0 Å². The van der Waals surface area contributed by atoms with E-state index < -0.39 is 11.4 Å². The van der Waals surface area contributed by atoms with Crippen LogP contribution in [-0.4, -0.2) is 0 Å². The first-order valence-corrected chi connectivity index (χ1v) is 5.03. The highest BCUT2D eigenvalue weighted by atomic mass is 19.1. The van der Waals surface area contributed by atoms with E-state index in [0.717, 1.165) is 0 Å². The molecule has 1 saturated carbocycles. The Bertz CT molecular complexity index is 426. The SMILES string of the molecule is Cc1cc(F)c(C2(N)CC2(C)C)cc1F. The van der Waals surface area contributed by atoms with Gasteiger partial charge >= 0.3 is 0 Å². The summed E-state index contributed by atoms with van der Waals surface area (Å²) in [6, 6.07) is 2.45. The molecule has 1 unspecified atom stereocenters. The van der Waals surface area contributed by atoms with E-state index >= 15 is 0 Å². The van der Waals surface area contributed by atoms with Gasteiger partial charge in [-0.15, -0.1) is 0 Å². The molecule has 2 rings (SSSR count). The molecule has 0 spiro atoms. The average Bonchev–Trinajstić information content (AvgIpc) is 2.60. The molecule has 1 atom stereocenters. The molecule has 1 nitrogen and oxygen atoms in total. The number of benzene rings is 1. The molecule has 3 heteroatoms. The van der Waals surface area contributed by atoms with Crippen molar-refractivity contribution in [2.45, 2.75) is 32.7 Å². The lowest BCUT2D eigenvalue weighted by Crippen LogP contribution is -2.27. The van der Waals surface area contributed by atoms with Gasteiger partial charge in [0.15, 0.2) is 0 Å². The summed E-state index contributed by atoms with van der Waals surface area (Å²) in [6.07, 6.45) is 0.694. The Hall–Kier alpha value is -0.960. The number of hydrogen-bond donors (Lipinski definition) is 1. The van der Waals surface area contributed by atoms with Crippen LogP contribution in [0.3, 0.4) is 0 Å². The molecule has 1 aromatic carbocycles. The average molecular weight is 211 g/mol. The van der Waals surface area contributed by atoms with E-state index in [1.807, 2.05) is 13.8 Å². The molecule has 1 aliphatic rings. The van der Waals surface area contributed by atoms with Crippen LogP contribution in [0, 0.1) is 24.0 Å². The summed E-state index contributed by atoms with van der Waals surface area (Å²) in [7, 11) is 0. The summed E-state index contributed by atoms with van der Waals surface area (Å²) in [5, 5.41) is 0. The second-order valence-electron chi connectivity index (χ2n) is 5.11. The van der Waals surface area contributed by atoms with Gasteiger partial charge in [0.05, 0.1) is 0 Å². The molecule has 15 heavy (non-hydrogen) atoms. The molecule has 0 amide bonds. The van der Waals surface area contributed by atoms with Gasteiger partial charge in [-0.2, -0.15) is 0 Å². The van der Waals surface area contributed by atoms with E-state index in [9.17, 15) is 8.78 Å². The van der Waals surface area contributed by atoms with Crippen LogP contribution in [0.2, 0.25) is 0 Å². The molecule has 0 aliphatic heterocycles. The summed E-state index contributed by atoms with van der Waals surface area (Å²) < 4.78 is 27.0. The van der Waals surface area contributed by atoms with Crippen molar-refractivity contribution in [3.63, 3.8) is 0 Å². The van der Waals surface area contributed by atoms with Gasteiger partial charge in [0.25, 0.3) is 0 Å². The maximum atomic E-state index is 13.7. The smallest absolute Gasteiger partial charge is 0.128 e. The first-order valence-electron chi connectivity index (χ1n) is 5.03. The van der Waals surface area contributed by atoms with E-state index in [0.29, 0.717) is 17.5 Å². The van der Waals surface area contributed by atoms with Gasteiger partial charge in [-0.3, -0.25) is 0 Å². The normalized spacial score (nSPS) is 27.9. The van der Waals surface area contributed by atoms with E-state index in [-0.39, 0.29) is 11.2 Å². The van der Waals surface area contributed by atoms with E-state index in [4.69, 9.17) is 5.73 Å². The Labute approximate surface area is 88.3 Å². The largest absolute Gasteiger partial charge is 0.321 e. The molecular formula is C12H15F2N. The lowest BCUT2D eigenvalue weighted by atomic mass is 9.95. The van der Waals surface area contributed by atoms with Gasteiger partial charge in [-0.25, -0.2) is 8.78 Å². The topological polar surface area (TPSA) is 26.0 Å². The Balaban J connectivity index is 2.52. The maximum absolute atomic E-state index is 13.7. The van der Waals surface area contributed by atoms with Gasteiger partial charge in [0, 0.05) is 11.1 Å².